The minimum absolute atomic E-state index is 0.137. The molecule has 1 aliphatic carbocycles. The molecule has 1 aromatic carbocycles. The van der Waals surface area contributed by atoms with Gasteiger partial charge >= 0.3 is 0 Å². The molecule has 1 saturated heterocycles. The summed E-state index contributed by atoms with van der Waals surface area (Å²) in [6.07, 6.45) is -3.78. The van der Waals surface area contributed by atoms with Gasteiger partial charge < -0.3 is 20.7 Å². The fourth-order valence-electron chi connectivity index (χ4n) is 3.58. The molecule has 11 heteroatoms. The minimum atomic E-state index is -2.92. The van der Waals surface area contributed by atoms with Gasteiger partial charge in [-0.25, -0.2) is 17.6 Å². The van der Waals surface area contributed by atoms with E-state index in [1.54, 1.807) is 0 Å². The zero-order chi connectivity index (χ0) is 22.5. The van der Waals surface area contributed by atoms with Crippen LogP contribution >= 0.6 is 0 Å². The number of hydrogen-bond acceptors (Lipinski definition) is 5. The summed E-state index contributed by atoms with van der Waals surface area (Å²) in [6, 6.07) is 2.80. The molecule has 2 aliphatic rings. The lowest BCUT2D eigenvalue weighted by Crippen LogP contribution is -2.51. The SMILES string of the molecule is NC[C@H](C(=O)Nc1ccc(N2CCOCC2=O)cc1C(F)F)N(CC(F)F)CC1CC1. The second-order valence-corrected chi connectivity index (χ2v) is 7.70. The molecule has 0 spiro atoms. The van der Waals surface area contributed by atoms with Gasteiger partial charge in [0.1, 0.15) is 12.6 Å². The largest absolute Gasteiger partial charge is 0.370 e. The van der Waals surface area contributed by atoms with Crippen LogP contribution < -0.4 is 16.0 Å². The highest BCUT2D eigenvalue weighted by molar-refractivity contribution is 5.97. The van der Waals surface area contributed by atoms with E-state index in [0.29, 0.717) is 6.54 Å². The highest BCUT2D eigenvalue weighted by Gasteiger charge is 2.33. The van der Waals surface area contributed by atoms with Crippen molar-refractivity contribution >= 4 is 23.2 Å². The summed E-state index contributed by atoms with van der Waals surface area (Å²) >= 11 is 0. The predicted octanol–water partition coefficient (Wildman–Crippen LogP) is 2.23. The number of ether oxygens (including phenoxy) is 1. The molecule has 2 fully saturated rings. The lowest BCUT2D eigenvalue weighted by Gasteiger charge is -2.30. The molecule has 1 aromatic rings. The van der Waals surface area contributed by atoms with Crippen molar-refractivity contribution in [2.75, 3.05) is 49.6 Å². The Morgan fingerprint density at radius 3 is 2.61 bits per heavy atom. The van der Waals surface area contributed by atoms with Crippen LogP contribution in [0.1, 0.15) is 24.8 Å². The van der Waals surface area contributed by atoms with Gasteiger partial charge in [0, 0.05) is 36.6 Å². The Labute approximate surface area is 177 Å². The normalized spacial score (nSPS) is 18.2. The summed E-state index contributed by atoms with van der Waals surface area (Å²) in [5, 5.41) is 2.42. The molecule has 7 nitrogen and oxygen atoms in total. The van der Waals surface area contributed by atoms with E-state index in [2.05, 4.69) is 5.32 Å². The number of carbonyl (C=O) groups is 2. The molecular weight excluding hydrogens is 420 g/mol. The Hall–Kier alpha value is -2.24. The van der Waals surface area contributed by atoms with Crippen molar-refractivity contribution in [2.24, 2.45) is 11.7 Å². The van der Waals surface area contributed by atoms with Crippen molar-refractivity contribution in [3.8, 4) is 0 Å². The van der Waals surface area contributed by atoms with Crippen molar-refractivity contribution in [2.45, 2.75) is 31.7 Å². The van der Waals surface area contributed by atoms with Crippen LogP contribution in [0.5, 0.6) is 0 Å². The van der Waals surface area contributed by atoms with Crippen LogP contribution in [0, 0.1) is 5.92 Å². The van der Waals surface area contributed by atoms with E-state index in [-0.39, 0.29) is 49.5 Å². The number of rotatable bonds is 10. The average Bonchev–Trinajstić information content (AvgIpc) is 3.52. The van der Waals surface area contributed by atoms with Gasteiger partial charge in [0.2, 0.25) is 5.91 Å². The highest BCUT2D eigenvalue weighted by Crippen LogP contribution is 2.33. The fourth-order valence-corrected chi connectivity index (χ4v) is 3.58. The van der Waals surface area contributed by atoms with Crippen LogP contribution in [-0.2, 0) is 14.3 Å². The summed E-state index contributed by atoms with van der Waals surface area (Å²) < 4.78 is 58.5. The molecule has 3 rings (SSSR count). The molecule has 1 heterocycles. The Kier molecular flexibility index (Phi) is 7.84. The maximum absolute atomic E-state index is 13.7. The number of nitrogens with two attached hydrogens (primary N) is 1. The Balaban J connectivity index is 1.78. The number of hydrogen-bond donors (Lipinski definition) is 2. The molecule has 0 bridgehead atoms. The molecule has 172 valence electrons. The third kappa shape index (κ3) is 6.14. The second-order valence-electron chi connectivity index (χ2n) is 7.70. The quantitative estimate of drug-likeness (QED) is 0.539. The number of morpholine rings is 1. The number of alkyl halides is 4. The van der Waals surface area contributed by atoms with Crippen molar-refractivity contribution in [1.29, 1.82) is 0 Å². The summed E-state index contributed by atoms with van der Waals surface area (Å²) in [5.41, 5.74) is 5.34. The summed E-state index contributed by atoms with van der Waals surface area (Å²) in [6.45, 7) is -0.165. The third-order valence-corrected chi connectivity index (χ3v) is 5.35. The second kappa shape index (κ2) is 10.4. The molecule has 0 radical (unpaired) electrons. The number of amides is 2. The van der Waals surface area contributed by atoms with E-state index < -0.39 is 36.9 Å². The van der Waals surface area contributed by atoms with Gasteiger partial charge in [0.15, 0.2) is 0 Å². The zero-order valence-corrected chi connectivity index (χ0v) is 16.9. The van der Waals surface area contributed by atoms with E-state index in [1.807, 2.05) is 0 Å². The van der Waals surface area contributed by atoms with E-state index >= 15 is 0 Å². The molecule has 31 heavy (non-hydrogen) atoms. The average molecular weight is 446 g/mol. The van der Waals surface area contributed by atoms with Crippen molar-refractivity contribution in [3.63, 3.8) is 0 Å². The first-order valence-electron chi connectivity index (χ1n) is 10.1. The molecule has 2 amide bonds. The standard InChI is InChI=1S/C20H26F4N4O3/c21-17(22)10-27(9-12-1-2-12)16(8-25)20(30)26-15-4-3-13(7-14(15)19(23)24)28-5-6-31-11-18(28)29/h3-4,7,12,16-17,19H,1-2,5-6,8-11,25H2,(H,26,30)/t16-/m1/s1. The fraction of sp³-hybridized carbons (Fsp3) is 0.600. The molecule has 3 N–H and O–H groups in total. The number of nitrogens with zero attached hydrogens (tertiary/aromatic N) is 2. The van der Waals surface area contributed by atoms with E-state index in [1.165, 1.54) is 21.9 Å². The summed E-state index contributed by atoms with van der Waals surface area (Å²) in [4.78, 5) is 27.4. The van der Waals surface area contributed by atoms with Crippen LogP contribution in [0.25, 0.3) is 0 Å². The first-order chi connectivity index (χ1) is 14.8. The number of nitrogens with one attached hydrogen (secondary N) is 1. The van der Waals surface area contributed by atoms with Crippen LogP contribution in [-0.4, -0.2) is 68.6 Å². The van der Waals surface area contributed by atoms with Gasteiger partial charge in [-0.1, -0.05) is 0 Å². The summed E-state index contributed by atoms with van der Waals surface area (Å²) in [7, 11) is 0. The van der Waals surface area contributed by atoms with Crippen LogP contribution in [0.4, 0.5) is 28.9 Å². The summed E-state index contributed by atoms with van der Waals surface area (Å²) in [5.74, 6) is -0.836. The minimum Gasteiger partial charge on any atom is -0.370 e. The topological polar surface area (TPSA) is 87.9 Å². The van der Waals surface area contributed by atoms with Gasteiger partial charge in [-0.05, 0) is 37.0 Å². The number of carbonyl (C=O) groups excluding carboxylic acids is 2. The van der Waals surface area contributed by atoms with E-state index in [4.69, 9.17) is 10.5 Å². The Morgan fingerprint density at radius 1 is 1.29 bits per heavy atom. The molecular formula is C20H26F4N4O3. The molecule has 1 aliphatic heterocycles. The maximum Gasteiger partial charge on any atom is 0.265 e. The maximum atomic E-state index is 13.7. The van der Waals surface area contributed by atoms with Crippen LogP contribution in [0.2, 0.25) is 0 Å². The van der Waals surface area contributed by atoms with Crippen LogP contribution in [0.15, 0.2) is 18.2 Å². The molecule has 0 unspecified atom stereocenters. The third-order valence-electron chi connectivity index (χ3n) is 5.35. The number of anilines is 2. The van der Waals surface area contributed by atoms with Gasteiger partial charge in [0.25, 0.3) is 18.8 Å². The molecule has 0 aromatic heterocycles. The lowest BCUT2D eigenvalue weighted by atomic mass is 10.1. The zero-order valence-electron chi connectivity index (χ0n) is 16.9. The van der Waals surface area contributed by atoms with Gasteiger partial charge in [0.05, 0.1) is 13.2 Å². The van der Waals surface area contributed by atoms with Gasteiger partial charge in [-0.15, -0.1) is 0 Å². The molecule has 1 atom stereocenters. The molecule has 1 saturated carbocycles. The van der Waals surface area contributed by atoms with Crippen molar-refractivity contribution < 1.29 is 31.9 Å². The Bertz CT molecular complexity index is 788. The highest BCUT2D eigenvalue weighted by atomic mass is 19.3. The number of benzene rings is 1. The first kappa shape index (κ1) is 23.4. The van der Waals surface area contributed by atoms with Gasteiger partial charge in [-0.3, -0.25) is 14.5 Å². The van der Waals surface area contributed by atoms with Crippen molar-refractivity contribution in [1.82, 2.24) is 4.90 Å². The van der Waals surface area contributed by atoms with E-state index in [0.717, 1.165) is 18.9 Å². The smallest absolute Gasteiger partial charge is 0.265 e. The number of halogens is 4. The van der Waals surface area contributed by atoms with Crippen LogP contribution in [0.3, 0.4) is 0 Å². The van der Waals surface area contributed by atoms with Crippen molar-refractivity contribution in [3.05, 3.63) is 23.8 Å². The lowest BCUT2D eigenvalue weighted by molar-refractivity contribution is -0.125. The van der Waals surface area contributed by atoms with Gasteiger partial charge in [-0.2, -0.15) is 0 Å². The van der Waals surface area contributed by atoms with E-state index in [9.17, 15) is 27.2 Å². The predicted molar refractivity (Wildman–Crippen MR) is 106 cm³/mol. The monoisotopic (exact) mass is 446 g/mol. The Morgan fingerprint density at radius 2 is 2.03 bits per heavy atom. The first-order valence-corrected chi connectivity index (χ1v) is 10.1.